The molecule has 3 nitrogen and oxygen atoms in total. The van der Waals surface area contributed by atoms with E-state index in [9.17, 15) is 5.11 Å². The molecule has 0 fully saturated rings. The van der Waals surface area contributed by atoms with Crippen molar-refractivity contribution < 1.29 is 5.11 Å². The van der Waals surface area contributed by atoms with E-state index >= 15 is 0 Å². The van der Waals surface area contributed by atoms with Gasteiger partial charge in [-0.1, -0.05) is 18.2 Å². The van der Waals surface area contributed by atoms with Gasteiger partial charge in [0.25, 0.3) is 0 Å². The molecule has 18 heavy (non-hydrogen) atoms. The summed E-state index contributed by atoms with van der Waals surface area (Å²) in [6, 6.07) is 11.2. The standard InChI is InChI=1S/C14H11BrN2O/c1-8-3-2-4-10(13(8)15)14-16-11-6-5-9(18)7-12(11)17-14/h2-7,18H,1H3,(H,16,17). The number of aromatic amines is 1. The first kappa shape index (κ1) is 11.3. The quantitative estimate of drug-likeness (QED) is 0.713. The van der Waals surface area contributed by atoms with E-state index in [-0.39, 0.29) is 5.75 Å². The number of aryl methyl sites for hydroxylation is 1. The molecule has 3 rings (SSSR count). The summed E-state index contributed by atoms with van der Waals surface area (Å²) in [5.74, 6) is 1.03. The van der Waals surface area contributed by atoms with Crippen molar-refractivity contribution in [1.29, 1.82) is 0 Å². The molecule has 0 aliphatic carbocycles. The minimum atomic E-state index is 0.237. The average molecular weight is 303 g/mol. The van der Waals surface area contributed by atoms with Gasteiger partial charge in [0.2, 0.25) is 0 Å². The Hall–Kier alpha value is -1.81. The lowest BCUT2D eigenvalue weighted by atomic mass is 10.1. The van der Waals surface area contributed by atoms with Crippen LogP contribution in [0.15, 0.2) is 40.9 Å². The predicted molar refractivity (Wildman–Crippen MR) is 75.6 cm³/mol. The van der Waals surface area contributed by atoms with Crippen molar-refractivity contribution >= 4 is 27.0 Å². The second-order valence-corrected chi connectivity index (χ2v) is 5.02. The monoisotopic (exact) mass is 302 g/mol. The van der Waals surface area contributed by atoms with E-state index in [1.165, 1.54) is 0 Å². The van der Waals surface area contributed by atoms with Gasteiger partial charge in [-0.15, -0.1) is 0 Å². The Morgan fingerprint density at radius 3 is 2.89 bits per heavy atom. The van der Waals surface area contributed by atoms with Crippen LogP contribution in [0.1, 0.15) is 5.56 Å². The molecule has 0 radical (unpaired) electrons. The van der Waals surface area contributed by atoms with E-state index in [2.05, 4.69) is 25.9 Å². The van der Waals surface area contributed by atoms with Crippen LogP contribution in [-0.4, -0.2) is 15.1 Å². The van der Waals surface area contributed by atoms with Crippen molar-refractivity contribution in [2.75, 3.05) is 0 Å². The van der Waals surface area contributed by atoms with Gasteiger partial charge in [0.15, 0.2) is 0 Å². The average Bonchev–Trinajstić information content (AvgIpc) is 2.75. The molecule has 0 saturated heterocycles. The molecule has 2 N–H and O–H groups in total. The fraction of sp³-hybridized carbons (Fsp3) is 0.0714. The summed E-state index contributed by atoms with van der Waals surface area (Å²) in [6.45, 7) is 2.04. The molecule has 2 aromatic carbocycles. The second kappa shape index (κ2) is 4.14. The van der Waals surface area contributed by atoms with Gasteiger partial charge in [-0.2, -0.15) is 0 Å². The van der Waals surface area contributed by atoms with Gasteiger partial charge < -0.3 is 10.1 Å². The number of fused-ring (bicyclic) bond motifs is 1. The zero-order chi connectivity index (χ0) is 12.7. The number of benzene rings is 2. The number of hydrogen-bond acceptors (Lipinski definition) is 2. The van der Waals surface area contributed by atoms with Crippen molar-refractivity contribution in [1.82, 2.24) is 9.97 Å². The van der Waals surface area contributed by atoms with Gasteiger partial charge in [-0.05, 0) is 40.5 Å². The van der Waals surface area contributed by atoms with Crippen LogP contribution in [0.2, 0.25) is 0 Å². The molecule has 0 atom stereocenters. The number of hydrogen-bond donors (Lipinski definition) is 2. The van der Waals surface area contributed by atoms with Crippen molar-refractivity contribution in [2.24, 2.45) is 0 Å². The summed E-state index contributed by atoms with van der Waals surface area (Å²) in [4.78, 5) is 7.75. The van der Waals surface area contributed by atoms with Crippen LogP contribution in [0.25, 0.3) is 22.4 Å². The van der Waals surface area contributed by atoms with Gasteiger partial charge in [0.1, 0.15) is 11.6 Å². The molecule has 0 aliphatic heterocycles. The Kier molecular flexibility index (Phi) is 2.59. The number of phenols is 1. The maximum atomic E-state index is 9.45. The first-order chi connectivity index (χ1) is 8.65. The highest BCUT2D eigenvalue weighted by atomic mass is 79.9. The Bertz CT molecular complexity index is 734. The molecule has 0 saturated carbocycles. The van der Waals surface area contributed by atoms with Gasteiger partial charge in [0, 0.05) is 16.1 Å². The van der Waals surface area contributed by atoms with Crippen LogP contribution < -0.4 is 0 Å². The lowest BCUT2D eigenvalue weighted by Crippen LogP contribution is -1.84. The van der Waals surface area contributed by atoms with Crippen molar-refractivity contribution in [3.63, 3.8) is 0 Å². The van der Waals surface area contributed by atoms with E-state index in [1.54, 1.807) is 18.2 Å². The zero-order valence-electron chi connectivity index (χ0n) is 9.74. The van der Waals surface area contributed by atoms with E-state index in [1.807, 2.05) is 25.1 Å². The molecule has 0 aliphatic rings. The summed E-state index contributed by atoms with van der Waals surface area (Å²) in [5.41, 5.74) is 3.86. The van der Waals surface area contributed by atoms with Gasteiger partial charge in [0.05, 0.1) is 11.0 Å². The minimum absolute atomic E-state index is 0.237. The van der Waals surface area contributed by atoms with Crippen LogP contribution >= 0.6 is 15.9 Å². The SMILES string of the molecule is Cc1cccc(-c2nc3ccc(O)cc3[nH]2)c1Br. The van der Waals surface area contributed by atoms with Crippen LogP contribution in [0.5, 0.6) is 5.75 Å². The Labute approximate surface area is 113 Å². The molecule has 0 bridgehead atoms. The number of aromatic nitrogens is 2. The summed E-state index contributed by atoms with van der Waals surface area (Å²) in [5, 5.41) is 9.45. The molecule has 3 aromatic rings. The fourth-order valence-electron chi connectivity index (χ4n) is 1.96. The first-order valence-electron chi connectivity index (χ1n) is 5.59. The molecular formula is C14H11BrN2O. The number of rotatable bonds is 1. The molecule has 90 valence electrons. The maximum absolute atomic E-state index is 9.45. The highest BCUT2D eigenvalue weighted by Crippen LogP contribution is 2.30. The normalized spacial score (nSPS) is 11.0. The van der Waals surface area contributed by atoms with Gasteiger partial charge in [-0.25, -0.2) is 4.98 Å². The molecule has 0 spiro atoms. The Morgan fingerprint density at radius 1 is 1.22 bits per heavy atom. The highest BCUT2D eigenvalue weighted by Gasteiger charge is 2.10. The molecular weight excluding hydrogens is 292 g/mol. The van der Waals surface area contributed by atoms with E-state index in [0.29, 0.717) is 0 Å². The van der Waals surface area contributed by atoms with Crippen LogP contribution in [0, 0.1) is 6.92 Å². The number of nitrogens with one attached hydrogen (secondary N) is 1. The second-order valence-electron chi connectivity index (χ2n) is 4.22. The number of aromatic hydroxyl groups is 1. The number of phenolic OH excluding ortho intramolecular Hbond substituents is 1. The van der Waals surface area contributed by atoms with Crippen LogP contribution in [0.3, 0.4) is 0 Å². The number of halogens is 1. The summed E-state index contributed by atoms with van der Waals surface area (Å²) in [6.07, 6.45) is 0. The first-order valence-corrected chi connectivity index (χ1v) is 6.38. The topological polar surface area (TPSA) is 48.9 Å². The summed E-state index contributed by atoms with van der Waals surface area (Å²) in [7, 11) is 0. The lowest BCUT2D eigenvalue weighted by molar-refractivity contribution is 0.476. The number of H-pyrrole nitrogens is 1. The van der Waals surface area contributed by atoms with E-state index < -0.39 is 0 Å². The Balaban J connectivity index is 2.22. The number of nitrogens with zero attached hydrogens (tertiary/aromatic N) is 1. The van der Waals surface area contributed by atoms with E-state index in [0.717, 1.165) is 32.5 Å². The third-order valence-electron chi connectivity index (χ3n) is 2.91. The van der Waals surface area contributed by atoms with Gasteiger partial charge >= 0.3 is 0 Å². The maximum Gasteiger partial charge on any atom is 0.139 e. The molecule has 0 unspecified atom stereocenters. The third-order valence-corrected chi connectivity index (χ3v) is 3.96. The van der Waals surface area contributed by atoms with Crippen LogP contribution in [-0.2, 0) is 0 Å². The van der Waals surface area contributed by atoms with Gasteiger partial charge in [-0.3, -0.25) is 0 Å². The molecule has 1 aromatic heterocycles. The minimum Gasteiger partial charge on any atom is -0.508 e. The van der Waals surface area contributed by atoms with Crippen LogP contribution in [0.4, 0.5) is 0 Å². The van der Waals surface area contributed by atoms with Crippen molar-refractivity contribution in [3.8, 4) is 17.1 Å². The third kappa shape index (κ3) is 1.78. The highest BCUT2D eigenvalue weighted by molar-refractivity contribution is 9.10. The van der Waals surface area contributed by atoms with E-state index in [4.69, 9.17) is 0 Å². The predicted octanol–water partition coefficient (Wildman–Crippen LogP) is 4.01. The lowest BCUT2D eigenvalue weighted by Gasteiger charge is -2.03. The smallest absolute Gasteiger partial charge is 0.139 e. The van der Waals surface area contributed by atoms with Crippen molar-refractivity contribution in [3.05, 3.63) is 46.4 Å². The fourth-order valence-corrected chi connectivity index (χ4v) is 2.41. The molecule has 1 heterocycles. The number of imidazole rings is 1. The Morgan fingerprint density at radius 2 is 2.06 bits per heavy atom. The molecule has 0 amide bonds. The summed E-state index contributed by atoms with van der Waals surface area (Å²) < 4.78 is 1.04. The summed E-state index contributed by atoms with van der Waals surface area (Å²) >= 11 is 3.58. The zero-order valence-corrected chi connectivity index (χ0v) is 11.3. The van der Waals surface area contributed by atoms with Crippen molar-refractivity contribution in [2.45, 2.75) is 6.92 Å². The largest absolute Gasteiger partial charge is 0.508 e. The molecule has 4 heteroatoms.